The molecule has 0 spiro atoms. The van der Waals surface area contributed by atoms with Crippen molar-refractivity contribution in [3.8, 4) is 5.75 Å². The third-order valence-corrected chi connectivity index (χ3v) is 2.60. The molecule has 5 heteroatoms. The van der Waals surface area contributed by atoms with Gasteiger partial charge < -0.3 is 10.1 Å². The Bertz CT molecular complexity index is 464. The first-order chi connectivity index (χ1) is 8.70. The van der Waals surface area contributed by atoms with Crippen LogP contribution in [-0.4, -0.2) is 23.6 Å². The largest absolute Gasteiger partial charge is 0.485 e. The summed E-state index contributed by atoms with van der Waals surface area (Å²) in [7, 11) is 0. The van der Waals surface area contributed by atoms with Crippen molar-refractivity contribution < 1.29 is 9.66 Å². The lowest BCUT2D eigenvalue weighted by atomic mass is 10.1. The van der Waals surface area contributed by atoms with Crippen molar-refractivity contribution in [2.45, 2.75) is 40.2 Å². The number of hydrogen-bond donors (Lipinski definition) is 1. The van der Waals surface area contributed by atoms with Gasteiger partial charge in [-0.05, 0) is 45.7 Å². The molecule has 0 amide bonds. The molecular formula is C14H22N2O3. The second kappa shape index (κ2) is 6.02. The van der Waals surface area contributed by atoms with E-state index in [2.05, 4.69) is 26.1 Å². The average Bonchev–Trinajstić information content (AvgIpc) is 2.24. The van der Waals surface area contributed by atoms with Crippen molar-refractivity contribution in [1.29, 1.82) is 0 Å². The van der Waals surface area contributed by atoms with Crippen molar-refractivity contribution in [2.24, 2.45) is 0 Å². The SMILES string of the molecule is Cc1cc(C)c(OCCNC(C)(C)C)c([N+](=O)[O-])c1. The number of nitro benzene ring substituents is 1. The smallest absolute Gasteiger partial charge is 0.311 e. The number of rotatable bonds is 5. The van der Waals surface area contributed by atoms with Gasteiger partial charge in [-0.3, -0.25) is 10.1 Å². The molecular weight excluding hydrogens is 244 g/mol. The van der Waals surface area contributed by atoms with Gasteiger partial charge in [0.15, 0.2) is 5.75 Å². The first-order valence-electron chi connectivity index (χ1n) is 6.34. The zero-order valence-corrected chi connectivity index (χ0v) is 12.2. The van der Waals surface area contributed by atoms with Gasteiger partial charge in [-0.2, -0.15) is 0 Å². The minimum atomic E-state index is -0.396. The van der Waals surface area contributed by atoms with Gasteiger partial charge in [-0.1, -0.05) is 6.07 Å². The van der Waals surface area contributed by atoms with Crippen LogP contribution in [0.4, 0.5) is 5.69 Å². The molecule has 0 aliphatic carbocycles. The summed E-state index contributed by atoms with van der Waals surface area (Å²) in [5.41, 5.74) is 1.71. The maximum Gasteiger partial charge on any atom is 0.311 e. The van der Waals surface area contributed by atoms with E-state index < -0.39 is 4.92 Å². The molecule has 0 heterocycles. The molecule has 0 atom stereocenters. The van der Waals surface area contributed by atoms with Crippen molar-refractivity contribution in [3.63, 3.8) is 0 Å². The van der Waals surface area contributed by atoms with Crippen LogP contribution in [0.15, 0.2) is 12.1 Å². The third kappa shape index (κ3) is 4.87. The third-order valence-electron chi connectivity index (χ3n) is 2.60. The Balaban J connectivity index is 2.75. The maximum atomic E-state index is 11.0. The van der Waals surface area contributed by atoms with Gasteiger partial charge in [0, 0.05) is 18.2 Å². The molecule has 1 aromatic rings. The number of benzene rings is 1. The van der Waals surface area contributed by atoms with E-state index in [4.69, 9.17) is 4.74 Å². The Hall–Kier alpha value is -1.62. The van der Waals surface area contributed by atoms with Gasteiger partial charge in [0.1, 0.15) is 6.61 Å². The van der Waals surface area contributed by atoms with Crippen LogP contribution in [0.25, 0.3) is 0 Å². The minimum Gasteiger partial charge on any atom is -0.485 e. The fourth-order valence-electron chi connectivity index (χ4n) is 1.83. The van der Waals surface area contributed by atoms with E-state index in [1.807, 2.05) is 19.9 Å². The predicted octanol–water partition coefficient (Wildman–Crippen LogP) is 2.98. The van der Waals surface area contributed by atoms with E-state index in [1.54, 1.807) is 6.07 Å². The number of ether oxygens (including phenoxy) is 1. The summed E-state index contributed by atoms with van der Waals surface area (Å²) in [6.07, 6.45) is 0. The van der Waals surface area contributed by atoms with Crippen molar-refractivity contribution >= 4 is 5.69 Å². The van der Waals surface area contributed by atoms with Gasteiger partial charge in [-0.15, -0.1) is 0 Å². The van der Waals surface area contributed by atoms with E-state index in [0.29, 0.717) is 18.9 Å². The number of nitrogens with zero attached hydrogens (tertiary/aromatic N) is 1. The van der Waals surface area contributed by atoms with Crippen molar-refractivity contribution in [3.05, 3.63) is 33.4 Å². The van der Waals surface area contributed by atoms with E-state index in [9.17, 15) is 10.1 Å². The van der Waals surface area contributed by atoms with Crippen molar-refractivity contribution in [1.82, 2.24) is 5.32 Å². The first kappa shape index (κ1) is 15.4. The second-order valence-electron chi connectivity index (χ2n) is 5.71. The highest BCUT2D eigenvalue weighted by atomic mass is 16.6. The van der Waals surface area contributed by atoms with Crippen LogP contribution >= 0.6 is 0 Å². The number of nitrogens with one attached hydrogen (secondary N) is 1. The fraction of sp³-hybridized carbons (Fsp3) is 0.571. The lowest BCUT2D eigenvalue weighted by Crippen LogP contribution is -2.38. The normalized spacial score (nSPS) is 11.4. The van der Waals surface area contributed by atoms with Crippen LogP contribution in [-0.2, 0) is 0 Å². The average molecular weight is 266 g/mol. The van der Waals surface area contributed by atoms with Crippen molar-refractivity contribution in [2.75, 3.05) is 13.2 Å². The molecule has 0 saturated heterocycles. The molecule has 0 aromatic heterocycles. The summed E-state index contributed by atoms with van der Waals surface area (Å²) in [6, 6.07) is 3.43. The predicted molar refractivity (Wildman–Crippen MR) is 75.8 cm³/mol. The molecule has 0 bridgehead atoms. The Labute approximate surface area is 114 Å². The quantitative estimate of drug-likeness (QED) is 0.505. The fourth-order valence-corrected chi connectivity index (χ4v) is 1.83. The highest BCUT2D eigenvalue weighted by Gasteiger charge is 2.18. The van der Waals surface area contributed by atoms with Gasteiger partial charge in [-0.25, -0.2) is 0 Å². The molecule has 1 N–H and O–H groups in total. The molecule has 1 aromatic carbocycles. The van der Waals surface area contributed by atoms with Crippen LogP contribution in [0, 0.1) is 24.0 Å². The molecule has 1 rings (SSSR count). The van der Waals surface area contributed by atoms with Gasteiger partial charge >= 0.3 is 5.69 Å². The second-order valence-corrected chi connectivity index (χ2v) is 5.71. The van der Waals surface area contributed by atoms with Crippen LogP contribution in [0.1, 0.15) is 31.9 Å². The maximum absolute atomic E-state index is 11.0. The zero-order chi connectivity index (χ0) is 14.6. The van der Waals surface area contributed by atoms with Crippen LogP contribution in [0.3, 0.4) is 0 Å². The van der Waals surface area contributed by atoms with Gasteiger partial charge in [0.05, 0.1) is 4.92 Å². The summed E-state index contributed by atoms with van der Waals surface area (Å²) < 4.78 is 5.58. The monoisotopic (exact) mass is 266 g/mol. The molecule has 106 valence electrons. The van der Waals surface area contributed by atoms with Crippen LogP contribution in [0.2, 0.25) is 0 Å². The number of hydrogen-bond acceptors (Lipinski definition) is 4. The summed E-state index contributed by atoms with van der Waals surface area (Å²) in [5.74, 6) is 0.367. The number of aryl methyl sites for hydroxylation is 2. The topological polar surface area (TPSA) is 64.4 Å². The Kier molecular flexibility index (Phi) is 4.89. The summed E-state index contributed by atoms with van der Waals surface area (Å²) >= 11 is 0. The molecule has 0 fully saturated rings. The minimum absolute atomic E-state index is 0.0115. The van der Waals surface area contributed by atoms with Gasteiger partial charge in [0.2, 0.25) is 0 Å². The molecule has 0 unspecified atom stereocenters. The van der Waals surface area contributed by atoms with Crippen LogP contribution < -0.4 is 10.1 Å². The van der Waals surface area contributed by atoms with E-state index in [-0.39, 0.29) is 11.2 Å². The molecule has 0 aliphatic heterocycles. The lowest BCUT2D eigenvalue weighted by Gasteiger charge is -2.20. The Morgan fingerprint density at radius 1 is 1.32 bits per heavy atom. The molecule has 0 aliphatic rings. The summed E-state index contributed by atoms with van der Waals surface area (Å²) in [6.45, 7) is 10.9. The van der Waals surface area contributed by atoms with E-state index in [0.717, 1.165) is 11.1 Å². The highest BCUT2D eigenvalue weighted by Crippen LogP contribution is 2.31. The molecule has 19 heavy (non-hydrogen) atoms. The highest BCUT2D eigenvalue weighted by molar-refractivity contribution is 5.53. The summed E-state index contributed by atoms with van der Waals surface area (Å²) in [5, 5.41) is 14.3. The first-order valence-corrected chi connectivity index (χ1v) is 6.34. The van der Waals surface area contributed by atoms with Gasteiger partial charge in [0.25, 0.3) is 0 Å². The van der Waals surface area contributed by atoms with E-state index >= 15 is 0 Å². The Morgan fingerprint density at radius 3 is 2.47 bits per heavy atom. The molecule has 5 nitrogen and oxygen atoms in total. The lowest BCUT2D eigenvalue weighted by molar-refractivity contribution is -0.386. The standard InChI is InChI=1S/C14H22N2O3/c1-10-8-11(2)13(12(9-10)16(17)18)19-7-6-15-14(3,4)5/h8-9,15H,6-7H2,1-5H3. The Morgan fingerprint density at radius 2 is 1.95 bits per heavy atom. The zero-order valence-electron chi connectivity index (χ0n) is 12.2. The van der Waals surface area contributed by atoms with Crippen LogP contribution in [0.5, 0.6) is 5.75 Å². The number of nitro groups is 1. The molecule has 0 radical (unpaired) electrons. The molecule has 0 saturated carbocycles. The van der Waals surface area contributed by atoms with E-state index in [1.165, 1.54) is 0 Å². The summed E-state index contributed by atoms with van der Waals surface area (Å²) in [4.78, 5) is 10.6.